The van der Waals surface area contributed by atoms with Crippen molar-refractivity contribution in [2.75, 3.05) is 25.1 Å². The molecule has 0 saturated heterocycles. The highest BCUT2D eigenvalue weighted by Gasteiger charge is 2.47. The topological polar surface area (TPSA) is 484 Å². The minimum absolute atomic E-state index is 0.0481. The largest absolute Gasteiger partial charge is 0.496 e. The number of ether oxygens (including phenoxy) is 5. The van der Waals surface area contributed by atoms with Gasteiger partial charge in [-0.05, 0) is 113 Å². The number of fused-ring (bicyclic) bond motifs is 4. The Morgan fingerprint density at radius 1 is 0.370 bits per heavy atom. The minimum atomic E-state index is -0.533. The molecule has 11 heterocycles. The maximum Gasteiger partial charge on any atom is 0.285 e. The van der Waals surface area contributed by atoms with E-state index >= 15 is 0 Å². The molecule has 9 N–H and O–H groups in total. The first-order valence-corrected chi connectivity index (χ1v) is 47.5. The molecule has 3 aliphatic rings. The molecule has 38 nitrogen and oxygen atoms in total. The van der Waals surface area contributed by atoms with Crippen LogP contribution < -0.4 is 62.7 Å². The average molecular weight is 2030 g/mol. The van der Waals surface area contributed by atoms with E-state index in [9.17, 15) is 38.4 Å². The number of benzene rings is 9. The van der Waals surface area contributed by atoms with Gasteiger partial charge in [0.25, 0.3) is 69.0 Å². The smallest absolute Gasteiger partial charge is 0.285 e. The molecule has 0 atom stereocenters. The van der Waals surface area contributed by atoms with Crippen molar-refractivity contribution in [2.45, 2.75) is 96.1 Å². The summed E-state index contributed by atoms with van der Waals surface area (Å²) in [6.45, 7) is 3.75. The molecule has 3 saturated carbocycles. The van der Waals surface area contributed by atoms with Gasteiger partial charge in [-0.25, -0.2) is 24.6 Å². The molecule has 42 heteroatoms. The molecule has 146 heavy (non-hydrogen) atoms. The zero-order valence-electron chi connectivity index (χ0n) is 77.8. The van der Waals surface area contributed by atoms with E-state index in [1.54, 1.807) is 99.0 Å². The Bertz CT molecular complexity index is 8680. The molecule has 3 fully saturated rings. The highest BCUT2D eigenvalue weighted by molar-refractivity contribution is 6.36. The molecule has 23 rings (SSSR count). The standard InChI is InChI=1S/C30H26ClN5O4.C26H21ClN6O3.C25H20ClN7O3.C23H18ClN7O3/c1-39-23-12-6-5-10-21(23)30(14-15-30)18-32-28(38)26-22(31)11-7-13-24(26)40-17-20-16-25(37)36-29(33-20)34-27(35-36)19-8-3-2-4-9-19;1-15-12-20(16-10-11-16)32(30-15)25(35)23-19(27)8-5-9-21(23)36-14-18-13-22(34)33-26(28-18)29-24(31-33)17-6-3-2-4-7-17;26-17-7-4-8-19(22(17)24(35)32-20(27)12-18(30-32)14-9-10-14)36-13-16-11-21(34)33-25(28-16)29-23(31-33)15-5-2-1-3-6-15;1-13-10-18(25)30(28-13)22(33)20-16(24)8-5-9-17(20)34-12-15-11-19(32)31-23(26-15)27-21(29-31)14-6-3-2-4-7-14/h2-13,16H,14-15,17-18H2,1H3,(H,32,38)(H,33,34,35);2-9,12-13,16H,10-11,14H2,1H3,(H,28,29,31);1-8,11-12,14H,9-10,13,27H2,(H,28,29,31);2-11H,12,25H2,1H3,(H,26,27,29). The summed E-state index contributed by atoms with van der Waals surface area (Å²) in [4.78, 5) is 139. The summed E-state index contributed by atoms with van der Waals surface area (Å²) in [6.07, 6.45) is 6.03. The normalized spacial score (nSPS) is 12.9. The molecule has 732 valence electrons. The van der Waals surface area contributed by atoms with E-state index in [2.05, 4.69) is 80.9 Å². The molecular formula is C104H85Cl4N25O13. The Hall–Kier alpha value is -17.8. The summed E-state index contributed by atoms with van der Waals surface area (Å²) in [5, 5.41) is 28.7. The van der Waals surface area contributed by atoms with Crippen LogP contribution in [0.1, 0.15) is 143 Å². The molecular weight excluding hydrogens is 1950 g/mol. The molecule has 0 aliphatic heterocycles. The summed E-state index contributed by atoms with van der Waals surface area (Å²) in [5.41, 5.74) is 20.0. The number of amides is 1. The van der Waals surface area contributed by atoms with Crippen LogP contribution in [0.3, 0.4) is 0 Å². The van der Waals surface area contributed by atoms with Crippen molar-refractivity contribution >= 4 is 105 Å². The number of halogens is 4. The van der Waals surface area contributed by atoms with Gasteiger partial charge in [0, 0.05) is 88.0 Å². The number of carbonyl (C=O) groups is 4. The summed E-state index contributed by atoms with van der Waals surface area (Å²) < 4.78 is 38.0. The molecule has 0 spiro atoms. The van der Waals surface area contributed by atoms with E-state index in [-0.39, 0.29) is 160 Å². The van der Waals surface area contributed by atoms with Crippen LogP contribution in [0.2, 0.25) is 20.1 Å². The van der Waals surface area contributed by atoms with Crippen LogP contribution in [0.15, 0.2) is 280 Å². The van der Waals surface area contributed by atoms with E-state index in [4.69, 9.17) is 81.6 Å². The van der Waals surface area contributed by atoms with E-state index in [1.165, 1.54) is 47.0 Å². The Labute approximate surface area is 846 Å². The van der Waals surface area contributed by atoms with Crippen molar-refractivity contribution in [1.82, 2.24) is 113 Å². The Kier molecular flexibility index (Phi) is 26.9. The second-order valence-corrected chi connectivity index (χ2v) is 36.2. The van der Waals surface area contributed by atoms with Gasteiger partial charge in [0.05, 0.1) is 78.3 Å². The zero-order chi connectivity index (χ0) is 101. The average Bonchev–Trinajstić information content (AvgIpc) is 1.60. The summed E-state index contributed by atoms with van der Waals surface area (Å²) >= 11 is 25.6. The molecule has 11 aromatic heterocycles. The van der Waals surface area contributed by atoms with Crippen LogP contribution in [0.5, 0.6) is 28.7 Å². The number of hydrogen-bond acceptors (Lipinski definition) is 26. The quantitative estimate of drug-likeness (QED) is 0.0265. The Balaban J connectivity index is 0.000000119. The lowest BCUT2D eigenvalue weighted by molar-refractivity contribution is 0.0930. The Morgan fingerprint density at radius 2 is 0.685 bits per heavy atom. The first-order valence-electron chi connectivity index (χ1n) is 45.9. The highest BCUT2D eigenvalue weighted by atomic mass is 35.5. The number of aromatic nitrogens is 22. The van der Waals surface area contributed by atoms with Gasteiger partial charge in [-0.1, -0.05) is 210 Å². The molecule has 20 aromatic rings. The lowest BCUT2D eigenvalue weighted by atomic mass is 9.94. The number of anilines is 2. The van der Waals surface area contributed by atoms with E-state index in [0.29, 0.717) is 75.9 Å². The fourth-order valence-corrected chi connectivity index (χ4v) is 17.5. The fourth-order valence-electron chi connectivity index (χ4n) is 16.5. The second kappa shape index (κ2) is 41.1. The number of para-hydroxylation sites is 1. The number of methoxy groups -OCH3 is 1. The molecule has 1 amide bonds. The molecule has 0 radical (unpaired) electrons. The lowest BCUT2D eigenvalue weighted by Gasteiger charge is -2.20. The highest BCUT2D eigenvalue weighted by Crippen LogP contribution is 2.51. The molecule has 0 bridgehead atoms. The van der Waals surface area contributed by atoms with Gasteiger partial charge >= 0.3 is 0 Å². The summed E-state index contributed by atoms with van der Waals surface area (Å²) in [7, 11) is 1.65. The van der Waals surface area contributed by atoms with E-state index < -0.39 is 11.8 Å². The maximum absolute atomic E-state index is 13.5. The first-order chi connectivity index (χ1) is 70.8. The van der Waals surface area contributed by atoms with Crippen molar-refractivity contribution in [2.24, 2.45) is 0 Å². The van der Waals surface area contributed by atoms with E-state index in [1.807, 2.05) is 159 Å². The third-order valence-electron chi connectivity index (χ3n) is 24.2. The first kappa shape index (κ1) is 95.8. The van der Waals surface area contributed by atoms with Gasteiger partial charge in [0.2, 0.25) is 0 Å². The SMILES string of the molecule is COc1ccccc1C1(CNC(=O)c2c(Cl)cccc2OCc2cc(=O)n3[nH]c(-c4ccccc4)nc3n2)CC1.Cc1cc(C2CC2)n(C(=O)c2c(Cl)cccc2OCc2cc(=O)n3[nH]c(-c4ccccc4)nc3n2)n1.Cc1cc(N)n(C(=O)c2c(Cl)cccc2OCc2cc(=O)n3[nH]c(-c4ccccc4)nc3n2)n1.Nc1cc(C2CC2)nn1C(=O)c1c(Cl)cccc1OCc1cc(=O)n2[nH]c(-c3ccccc3)nc2n1. The van der Waals surface area contributed by atoms with Crippen LogP contribution in [0, 0.1) is 13.8 Å². The number of nitrogens with one attached hydrogen (secondary N) is 5. The molecule has 0 unspecified atom stereocenters. The third kappa shape index (κ3) is 20.6. The number of H-pyrrole nitrogens is 4. The number of nitrogens with zero attached hydrogens (tertiary/aromatic N) is 18. The van der Waals surface area contributed by atoms with Gasteiger partial charge in [0.1, 0.15) is 83.5 Å². The maximum atomic E-state index is 13.5. The third-order valence-corrected chi connectivity index (χ3v) is 25.4. The van der Waals surface area contributed by atoms with Gasteiger partial charge in [-0.3, -0.25) is 58.8 Å². The lowest BCUT2D eigenvalue weighted by Crippen LogP contribution is -2.33. The predicted molar refractivity (Wildman–Crippen MR) is 544 cm³/mol. The number of aromatic amines is 4. The molecule has 9 aromatic carbocycles. The van der Waals surface area contributed by atoms with Gasteiger partial charge in [-0.15, -0.1) is 0 Å². The fraction of sp³-hybridized carbons (Fsp3) is 0.163. The van der Waals surface area contributed by atoms with Crippen molar-refractivity contribution in [3.8, 4) is 74.3 Å². The van der Waals surface area contributed by atoms with Gasteiger partial charge < -0.3 is 40.5 Å². The van der Waals surface area contributed by atoms with Crippen molar-refractivity contribution < 1.29 is 42.9 Å². The second-order valence-electron chi connectivity index (χ2n) is 34.5. The van der Waals surface area contributed by atoms with Crippen LogP contribution >= 0.6 is 46.4 Å². The number of aryl methyl sites for hydroxylation is 2. The van der Waals surface area contributed by atoms with Gasteiger partial charge in [0.15, 0.2) is 23.3 Å². The van der Waals surface area contributed by atoms with Crippen molar-refractivity contribution in [3.63, 3.8) is 0 Å². The van der Waals surface area contributed by atoms with E-state index in [0.717, 1.165) is 98.5 Å². The number of nitrogen functional groups attached to an aromatic ring is 2. The number of carbonyl (C=O) groups excluding carboxylic acids is 4. The van der Waals surface area contributed by atoms with Crippen molar-refractivity contribution in [1.29, 1.82) is 0 Å². The molecule has 3 aliphatic carbocycles. The monoisotopic (exact) mass is 2030 g/mol. The van der Waals surface area contributed by atoms with Crippen molar-refractivity contribution in [3.05, 3.63) is 396 Å². The van der Waals surface area contributed by atoms with Crippen LogP contribution in [-0.4, -0.2) is 145 Å². The number of nitrogens with two attached hydrogens (primary N) is 2. The van der Waals surface area contributed by atoms with Crippen LogP contribution in [0.25, 0.3) is 68.7 Å². The van der Waals surface area contributed by atoms with Gasteiger partial charge in [-0.2, -0.15) is 62.7 Å². The Morgan fingerprint density at radius 3 is 1.03 bits per heavy atom. The minimum Gasteiger partial charge on any atom is -0.496 e. The zero-order valence-corrected chi connectivity index (χ0v) is 80.8. The number of rotatable bonds is 26. The summed E-state index contributed by atoms with van der Waals surface area (Å²) in [5.74, 6) is 4.13. The van der Waals surface area contributed by atoms with Crippen LogP contribution in [0.4, 0.5) is 11.6 Å². The predicted octanol–water partition coefficient (Wildman–Crippen LogP) is 15.9. The summed E-state index contributed by atoms with van der Waals surface area (Å²) in [6, 6.07) is 76.0. The number of hydrogen-bond donors (Lipinski definition) is 7. The van der Waals surface area contributed by atoms with Crippen LogP contribution in [-0.2, 0) is 31.8 Å².